The Morgan fingerprint density at radius 1 is 1.06 bits per heavy atom. The highest BCUT2D eigenvalue weighted by Crippen LogP contribution is 2.11. The Morgan fingerprint density at radius 2 is 1.56 bits per heavy atom. The maximum atomic E-state index is 5.88. The topological polar surface area (TPSA) is 12.0 Å². The predicted octanol–water partition coefficient (Wildman–Crippen LogP) is 3.57. The number of alkyl halides is 2. The summed E-state index contributed by atoms with van der Waals surface area (Å²) in [5.41, 5.74) is 2.44. The Morgan fingerprint density at radius 3 is 2.00 bits per heavy atom. The van der Waals surface area contributed by atoms with E-state index in [0.29, 0.717) is 11.8 Å². The predicted molar refractivity (Wildman–Crippen MR) is 72.5 cm³/mol. The molecule has 0 amide bonds. The van der Waals surface area contributed by atoms with Crippen molar-refractivity contribution in [2.24, 2.45) is 0 Å². The van der Waals surface area contributed by atoms with E-state index in [4.69, 9.17) is 23.2 Å². The van der Waals surface area contributed by atoms with Gasteiger partial charge in [-0.1, -0.05) is 31.2 Å². The molecule has 0 aliphatic rings. The molecule has 0 heterocycles. The molecule has 0 saturated carbocycles. The van der Waals surface area contributed by atoms with Gasteiger partial charge in [0.2, 0.25) is 0 Å². The van der Waals surface area contributed by atoms with Gasteiger partial charge in [0, 0.05) is 23.8 Å². The summed E-state index contributed by atoms with van der Waals surface area (Å²) in [4.78, 5) is 0. The quantitative estimate of drug-likeness (QED) is 0.771. The van der Waals surface area contributed by atoms with Crippen LogP contribution >= 0.6 is 23.2 Å². The maximum Gasteiger partial charge on any atom is 0.0427 e. The second-order valence-electron chi connectivity index (χ2n) is 4.35. The molecule has 3 heteroatoms. The van der Waals surface area contributed by atoms with E-state index in [-0.39, 0.29) is 5.54 Å². The average molecular weight is 260 g/mol. The van der Waals surface area contributed by atoms with E-state index in [1.165, 1.54) is 11.1 Å². The molecule has 0 aliphatic carbocycles. The van der Waals surface area contributed by atoms with Gasteiger partial charge >= 0.3 is 0 Å². The summed E-state index contributed by atoms with van der Waals surface area (Å²) < 4.78 is 0. The summed E-state index contributed by atoms with van der Waals surface area (Å²) in [7, 11) is 0. The molecule has 0 bridgehead atoms. The minimum atomic E-state index is -0.188. The smallest absolute Gasteiger partial charge is 0.0427 e. The first kappa shape index (κ1) is 13.8. The van der Waals surface area contributed by atoms with Crippen molar-refractivity contribution in [2.45, 2.75) is 32.4 Å². The van der Waals surface area contributed by atoms with E-state index >= 15 is 0 Å². The Labute approximate surface area is 108 Å². The van der Waals surface area contributed by atoms with Gasteiger partial charge < -0.3 is 5.32 Å². The molecule has 16 heavy (non-hydrogen) atoms. The van der Waals surface area contributed by atoms with Crippen LogP contribution in [0.2, 0.25) is 0 Å². The Kier molecular flexibility index (Phi) is 5.60. The number of hydrogen-bond acceptors (Lipinski definition) is 1. The van der Waals surface area contributed by atoms with Crippen LogP contribution in [0.3, 0.4) is 0 Å². The molecule has 0 aliphatic heterocycles. The normalized spacial score (nSPS) is 11.8. The van der Waals surface area contributed by atoms with Crippen LogP contribution in [0.1, 0.15) is 25.0 Å². The highest BCUT2D eigenvalue weighted by atomic mass is 35.5. The zero-order valence-electron chi connectivity index (χ0n) is 9.89. The lowest BCUT2D eigenvalue weighted by Crippen LogP contribution is -2.45. The first-order chi connectivity index (χ1) is 7.63. The van der Waals surface area contributed by atoms with Crippen molar-refractivity contribution in [3.8, 4) is 0 Å². The van der Waals surface area contributed by atoms with Gasteiger partial charge in [-0.15, -0.1) is 23.2 Å². The van der Waals surface area contributed by atoms with Gasteiger partial charge in [-0.3, -0.25) is 0 Å². The molecular formula is C13H19Cl2N. The van der Waals surface area contributed by atoms with E-state index in [9.17, 15) is 0 Å². The SMILES string of the molecule is CCc1ccc(CNC(C)(CCl)CCl)cc1. The minimum Gasteiger partial charge on any atom is -0.305 e. The number of aryl methyl sites for hydroxylation is 1. The largest absolute Gasteiger partial charge is 0.305 e. The van der Waals surface area contributed by atoms with E-state index in [1.54, 1.807) is 0 Å². The van der Waals surface area contributed by atoms with Gasteiger partial charge in [0.25, 0.3) is 0 Å². The van der Waals surface area contributed by atoms with Gasteiger partial charge in [-0.25, -0.2) is 0 Å². The lowest BCUT2D eigenvalue weighted by atomic mass is 10.1. The number of nitrogens with one attached hydrogen (secondary N) is 1. The summed E-state index contributed by atoms with van der Waals surface area (Å²) in [6.07, 6.45) is 1.08. The second-order valence-corrected chi connectivity index (χ2v) is 4.89. The molecule has 90 valence electrons. The van der Waals surface area contributed by atoms with E-state index in [2.05, 4.69) is 36.5 Å². The molecule has 0 radical (unpaired) electrons. The van der Waals surface area contributed by atoms with Crippen molar-refractivity contribution in [2.75, 3.05) is 11.8 Å². The first-order valence-electron chi connectivity index (χ1n) is 5.58. The Balaban J connectivity index is 2.54. The molecule has 1 aromatic rings. The van der Waals surface area contributed by atoms with Crippen LogP contribution in [0, 0.1) is 0 Å². The van der Waals surface area contributed by atoms with Crippen molar-refractivity contribution < 1.29 is 0 Å². The number of benzene rings is 1. The fourth-order valence-electron chi connectivity index (χ4n) is 1.34. The molecule has 1 nitrogen and oxygen atoms in total. The fourth-order valence-corrected chi connectivity index (χ4v) is 1.81. The lowest BCUT2D eigenvalue weighted by molar-refractivity contribution is 0.435. The zero-order chi connectivity index (χ0) is 12.0. The van der Waals surface area contributed by atoms with Crippen LogP contribution in [-0.2, 0) is 13.0 Å². The Bertz CT molecular complexity index is 304. The molecule has 0 aromatic heterocycles. The number of halogens is 2. The highest BCUT2D eigenvalue weighted by Gasteiger charge is 2.20. The summed E-state index contributed by atoms with van der Waals surface area (Å²) in [5, 5.41) is 3.39. The van der Waals surface area contributed by atoms with Gasteiger partial charge in [-0.2, -0.15) is 0 Å². The van der Waals surface area contributed by atoms with Crippen molar-refractivity contribution in [1.82, 2.24) is 5.32 Å². The van der Waals surface area contributed by atoms with Crippen molar-refractivity contribution in [3.05, 3.63) is 35.4 Å². The van der Waals surface area contributed by atoms with E-state index in [0.717, 1.165) is 13.0 Å². The molecule has 0 atom stereocenters. The first-order valence-corrected chi connectivity index (χ1v) is 6.65. The summed E-state index contributed by atoms with van der Waals surface area (Å²) in [6.45, 7) is 5.00. The standard InChI is InChI=1S/C13H19Cl2N/c1-3-11-4-6-12(7-5-11)8-16-13(2,9-14)10-15/h4-7,16H,3,8-10H2,1-2H3. The molecule has 0 saturated heterocycles. The zero-order valence-corrected chi connectivity index (χ0v) is 11.4. The minimum absolute atomic E-state index is 0.188. The van der Waals surface area contributed by atoms with Gasteiger partial charge in [0.15, 0.2) is 0 Å². The molecule has 0 spiro atoms. The molecule has 0 unspecified atom stereocenters. The third kappa shape index (κ3) is 3.97. The summed E-state index contributed by atoms with van der Waals surface area (Å²) in [5.74, 6) is 1.03. The fraction of sp³-hybridized carbons (Fsp3) is 0.538. The maximum absolute atomic E-state index is 5.88. The van der Waals surface area contributed by atoms with Crippen molar-refractivity contribution >= 4 is 23.2 Å². The van der Waals surface area contributed by atoms with Crippen LogP contribution in [-0.4, -0.2) is 17.3 Å². The molecule has 1 N–H and O–H groups in total. The lowest BCUT2D eigenvalue weighted by Gasteiger charge is -2.26. The van der Waals surface area contributed by atoms with Crippen molar-refractivity contribution in [3.63, 3.8) is 0 Å². The Hall–Kier alpha value is -0.240. The molecule has 1 rings (SSSR count). The second kappa shape index (κ2) is 6.48. The third-order valence-electron chi connectivity index (χ3n) is 2.74. The number of hydrogen-bond donors (Lipinski definition) is 1. The van der Waals surface area contributed by atoms with Gasteiger partial charge in [-0.05, 0) is 24.5 Å². The third-order valence-corrected chi connectivity index (χ3v) is 3.92. The molecule has 1 aromatic carbocycles. The van der Waals surface area contributed by atoms with Gasteiger partial charge in [0.1, 0.15) is 0 Å². The monoisotopic (exact) mass is 259 g/mol. The van der Waals surface area contributed by atoms with Crippen LogP contribution in [0.15, 0.2) is 24.3 Å². The van der Waals surface area contributed by atoms with E-state index in [1.807, 2.05) is 6.92 Å². The van der Waals surface area contributed by atoms with Gasteiger partial charge in [0.05, 0.1) is 0 Å². The summed E-state index contributed by atoms with van der Waals surface area (Å²) in [6, 6.07) is 8.62. The average Bonchev–Trinajstić information content (AvgIpc) is 2.36. The van der Waals surface area contributed by atoms with Crippen LogP contribution in [0.4, 0.5) is 0 Å². The molecular weight excluding hydrogens is 241 g/mol. The van der Waals surface area contributed by atoms with E-state index < -0.39 is 0 Å². The van der Waals surface area contributed by atoms with Crippen LogP contribution in [0.25, 0.3) is 0 Å². The molecule has 0 fully saturated rings. The van der Waals surface area contributed by atoms with Crippen LogP contribution in [0.5, 0.6) is 0 Å². The van der Waals surface area contributed by atoms with Crippen molar-refractivity contribution in [1.29, 1.82) is 0 Å². The summed E-state index contributed by atoms with van der Waals surface area (Å²) >= 11 is 11.8. The highest BCUT2D eigenvalue weighted by molar-refractivity contribution is 6.22. The van der Waals surface area contributed by atoms with Crippen LogP contribution < -0.4 is 5.32 Å². The number of rotatable bonds is 6.